The Labute approximate surface area is 89.0 Å². The highest BCUT2D eigenvalue weighted by atomic mass is 79.9. The summed E-state index contributed by atoms with van der Waals surface area (Å²) in [6.45, 7) is 0. The number of hydrogen-bond acceptors (Lipinski definition) is 0. The Hall–Kier alpha value is -0.720. The fourth-order valence-corrected chi connectivity index (χ4v) is 1.45. The van der Waals surface area contributed by atoms with Gasteiger partial charge in [0.25, 0.3) is 6.43 Å². The number of rotatable bonds is 1. The first-order valence-corrected chi connectivity index (χ1v) is 4.37. The molecule has 0 saturated carbocycles. The fourth-order valence-electron chi connectivity index (χ4n) is 0.975. The summed E-state index contributed by atoms with van der Waals surface area (Å²) in [6.07, 6.45) is -8.28. The molecule has 0 unspecified atom stereocenters. The number of halogens is 7. The molecule has 0 aliphatic rings. The standard InChI is InChI=1S/C8H3BrF6/c9-3-1-4(7(11)12)6(10)5(2-3)8(13,14)15/h1-2,7H. The van der Waals surface area contributed by atoms with Crippen LogP contribution in [0.4, 0.5) is 26.3 Å². The lowest BCUT2D eigenvalue weighted by molar-refractivity contribution is -0.140. The zero-order chi connectivity index (χ0) is 11.8. The molecule has 0 radical (unpaired) electrons. The summed E-state index contributed by atoms with van der Waals surface area (Å²) in [5.74, 6) is -1.93. The number of benzene rings is 1. The van der Waals surface area contributed by atoms with Crippen LogP contribution in [0.1, 0.15) is 17.6 Å². The van der Waals surface area contributed by atoms with Gasteiger partial charge in [0.1, 0.15) is 5.82 Å². The molecule has 0 fully saturated rings. The van der Waals surface area contributed by atoms with Gasteiger partial charge in [-0.2, -0.15) is 13.2 Å². The third-order valence-corrected chi connectivity index (χ3v) is 2.06. The molecule has 0 nitrogen and oxygen atoms in total. The third-order valence-electron chi connectivity index (χ3n) is 1.61. The van der Waals surface area contributed by atoms with E-state index in [0.717, 1.165) is 0 Å². The Morgan fingerprint density at radius 2 is 1.67 bits per heavy atom. The summed E-state index contributed by atoms with van der Waals surface area (Å²) in [6, 6.07) is 1.04. The van der Waals surface area contributed by atoms with E-state index in [4.69, 9.17) is 0 Å². The van der Waals surface area contributed by atoms with Crippen LogP contribution in [0.15, 0.2) is 16.6 Å². The Balaban J connectivity index is 3.42. The van der Waals surface area contributed by atoms with Crippen molar-refractivity contribution in [3.63, 3.8) is 0 Å². The van der Waals surface area contributed by atoms with E-state index in [1.54, 1.807) is 0 Å². The van der Waals surface area contributed by atoms with Crippen molar-refractivity contribution in [3.8, 4) is 0 Å². The van der Waals surface area contributed by atoms with Crippen LogP contribution in [0, 0.1) is 5.82 Å². The molecule has 84 valence electrons. The molecule has 0 spiro atoms. The van der Waals surface area contributed by atoms with E-state index in [-0.39, 0.29) is 4.47 Å². The smallest absolute Gasteiger partial charge is 0.206 e. The fraction of sp³-hybridized carbons (Fsp3) is 0.250. The molecule has 1 aromatic carbocycles. The molecular weight excluding hydrogens is 290 g/mol. The van der Waals surface area contributed by atoms with E-state index in [0.29, 0.717) is 12.1 Å². The molecule has 7 heteroatoms. The maximum absolute atomic E-state index is 13.0. The van der Waals surface area contributed by atoms with Crippen molar-refractivity contribution in [1.82, 2.24) is 0 Å². The van der Waals surface area contributed by atoms with Crippen LogP contribution in [-0.4, -0.2) is 0 Å². The predicted octanol–water partition coefficient (Wildman–Crippen LogP) is 4.54. The van der Waals surface area contributed by atoms with Crippen LogP contribution in [0.3, 0.4) is 0 Å². The van der Waals surface area contributed by atoms with Gasteiger partial charge in [-0.05, 0) is 12.1 Å². The highest BCUT2D eigenvalue weighted by Gasteiger charge is 2.36. The van der Waals surface area contributed by atoms with Crippen molar-refractivity contribution in [2.24, 2.45) is 0 Å². The Kier molecular flexibility index (Phi) is 3.32. The largest absolute Gasteiger partial charge is 0.419 e. The summed E-state index contributed by atoms with van der Waals surface area (Å²) in [5, 5.41) is 0. The minimum absolute atomic E-state index is 0.244. The first-order chi connectivity index (χ1) is 6.73. The molecule has 0 atom stereocenters. The van der Waals surface area contributed by atoms with Gasteiger partial charge >= 0.3 is 6.18 Å². The third kappa shape index (κ3) is 2.64. The van der Waals surface area contributed by atoms with Gasteiger partial charge in [0, 0.05) is 4.47 Å². The number of alkyl halides is 5. The summed E-state index contributed by atoms with van der Waals surface area (Å²) in [7, 11) is 0. The van der Waals surface area contributed by atoms with Crippen LogP contribution in [0.2, 0.25) is 0 Å². The van der Waals surface area contributed by atoms with Crippen molar-refractivity contribution in [2.75, 3.05) is 0 Å². The lowest BCUT2D eigenvalue weighted by Gasteiger charge is -2.11. The molecule has 1 rings (SSSR count). The van der Waals surface area contributed by atoms with Gasteiger partial charge in [0.2, 0.25) is 0 Å². The zero-order valence-electron chi connectivity index (χ0n) is 6.88. The van der Waals surface area contributed by atoms with Crippen molar-refractivity contribution in [1.29, 1.82) is 0 Å². The van der Waals surface area contributed by atoms with E-state index in [2.05, 4.69) is 15.9 Å². The molecule has 0 heterocycles. The van der Waals surface area contributed by atoms with Crippen LogP contribution < -0.4 is 0 Å². The van der Waals surface area contributed by atoms with Gasteiger partial charge in [-0.1, -0.05) is 15.9 Å². The van der Waals surface area contributed by atoms with Gasteiger partial charge < -0.3 is 0 Å². The van der Waals surface area contributed by atoms with Crippen LogP contribution in [-0.2, 0) is 6.18 Å². The molecule has 0 bridgehead atoms. The SMILES string of the molecule is Fc1c(C(F)F)cc(Br)cc1C(F)(F)F. The van der Waals surface area contributed by atoms with Crippen LogP contribution >= 0.6 is 15.9 Å². The van der Waals surface area contributed by atoms with Crippen molar-refractivity contribution >= 4 is 15.9 Å². The minimum atomic E-state index is -4.99. The van der Waals surface area contributed by atoms with Gasteiger partial charge in [0.05, 0.1) is 11.1 Å². The molecule has 0 aliphatic carbocycles. The Morgan fingerprint density at radius 1 is 1.13 bits per heavy atom. The minimum Gasteiger partial charge on any atom is -0.206 e. The van der Waals surface area contributed by atoms with Crippen molar-refractivity contribution < 1.29 is 26.3 Å². The first kappa shape index (κ1) is 12.4. The highest BCUT2D eigenvalue weighted by molar-refractivity contribution is 9.10. The van der Waals surface area contributed by atoms with Crippen LogP contribution in [0.5, 0.6) is 0 Å². The maximum Gasteiger partial charge on any atom is 0.419 e. The predicted molar refractivity (Wildman–Crippen MR) is 44.1 cm³/mol. The topological polar surface area (TPSA) is 0 Å². The normalized spacial score (nSPS) is 12.3. The second kappa shape index (κ2) is 4.03. The Bertz CT molecular complexity index is 370. The van der Waals surface area contributed by atoms with Crippen molar-refractivity contribution in [3.05, 3.63) is 33.5 Å². The summed E-state index contributed by atoms with van der Waals surface area (Å²) in [5.41, 5.74) is -2.97. The zero-order valence-corrected chi connectivity index (χ0v) is 8.46. The summed E-state index contributed by atoms with van der Waals surface area (Å²) < 4.78 is 73.5. The lowest BCUT2D eigenvalue weighted by Crippen LogP contribution is -2.10. The average molecular weight is 293 g/mol. The van der Waals surface area contributed by atoms with Crippen LogP contribution in [0.25, 0.3) is 0 Å². The first-order valence-electron chi connectivity index (χ1n) is 3.57. The van der Waals surface area contributed by atoms with Gasteiger partial charge in [0.15, 0.2) is 0 Å². The molecule has 0 saturated heterocycles. The van der Waals surface area contributed by atoms with E-state index >= 15 is 0 Å². The van der Waals surface area contributed by atoms with E-state index in [9.17, 15) is 26.3 Å². The molecule has 0 aliphatic heterocycles. The molecule has 0 N–H and O–H groups in total. The number of hydrogen-bond donors (Lipinski definition) is 0. The molecule has 0 amide bonds. The Morgan fingerprint density at radius 3 is 2.07 bits per heavy atom. The van der Waals surface area contributed by atoms with Gasteiger partial charge in [-0.25, -0.2) is 13.2 Å². The molecule has 1 aromatic rings. The summed E-state index contributed by atoms with van der Waals surface area (Å²) >= 11 is 2.61. The second-order valence-electron chi connectivity index (χ2n) is 2.66. The van der Waals surface area contributed by atoms with E-state index in [1.807, 2.05) is 0 Å². The van der Waals surface area contributed by atoms with E-state index in [1.165, 1.54) is 0 Å². The molecule has 15 heavy (non-hydrogen) atoms. The van der Waals surface area contributed by atoms with Crippen molar-refractivity contribution in [2.45, 2.75) is 12.6 Å². The summed E-state index contributed by atoms with van der Waals surface area (Å²) in [4.78, 5) is 0. The lowest BCUT2D eigenvalue weighted by atomic mass is 10.1. The quantitative estimate of drug-likeness (QED) is 0.667. The molecular formula is C8H3BrF6. The van der Waals surface area contributed by atoms with Gasteiger partial charge in [-0.3, -0.25) is 0 Å². The maximum atomic E-state index is 13.0. The monoisotopic (exact) mass is 292 g/mol. The second-order valence-corrected chi connectivity index (χ2v) is 3.57. The van der Waals surface area contributed by atoms with E-state index < -0.39 is 29.5 Å². The average Bonchev–Trinajstić information content (AvgIpc) is 2.06. The van der Waals surface area contributed by atoms with Gasteiger partial charge in [-0.15, -0.1) is 0 Å². The molecule has 0 aromatic heterocycles. The highest BCUT2D eigenvalue weighted by Crippen LogP contribution is 2.37.